The summed E-state index contributed by atoms with van der Waals surface area (Å²) >= 11 is 0. The van der Waals surface area contributed by atoms with E-state index in [1.165, 1.54) is 20.3 Å². The van der Waals surface area contributed by atoms with Crippen molar-refractivity contribution in [3.8, 4) is 11.5 Å². The number of aliphatic hydroxyl groups is 2. The summed E-state index contributed by atoms with van der Waals surface area (Å²) in [4.78, 5) is 10.5. The molecule has 0 bridgehead atoms. The molecule has 1 rings (SSSR count). The lowest BCUT2D eigenvalue weighted by molar-refractivity contribution is -0.385. The fraction of sp³-hybridized carbons (Fsp3) is 0.500. The van der Waals surface area contributed by atoms with Gasteiger partial charge in [0, 0.05) is 5.56 Å². The molecular formula is C12H17NO6. The highest BCUT2D eigenvalue weighted by Gasteiger charge is 2.19. The van der Waals surface area contributed by atoms with Gasteiger partial charge in [-0.05, 0) is 25.3 Å². The number of aliphatic hydroxyl groups excluding tert-OH is 1. The Hall–Kier alpha value is -1.86. The highest BCUT2D eigenvalue weighted by Crippen LogP contribution is 2.35. The highest BCUT2D eigenvalue weighted by molar-refractivity contribution is 5.54. The maximum absolute atomic E-state index is 11.0. The van der Waals surface area contributed by atoms with Crippen LogP contribution >= 0.6 is 0 Å². The van der Waals surface area contributed by atoms with E-state index in [0.29, 0.717) is 29.9 Å². The minimum atomic E-state index is -1.40. The van der Waals surface area contributed by atoms with Crippen molar-refractivity contribution in [2.24, 2.45) is 0 Å². The molecule has 1 aromatic rings. The average molecular weight is 271 g/mol. The molecule has 0 amide bonds. The number of rotatable bonds is 7. The number of hydrogen-bond donors (Lipinski definition) is 2. The van der Waals surface area contributed by atoms with E-state index in [2.05, 4.69) is 0 Å². The molecule has 19 heavy (non-hydrogen) atoms. The summed E-state index contributed by atoms with van der Waals surface area (Å²) < 4.78 is 10.1. The zero-order valence-corrected chi connectivity index (χ0v) is 10.8. The van der Waals surface area contributed by atoms with Gasteiger partial charge < -0.3 is 19.7 Å². The quantitative estimate of drug-likeness (QED) is 0.439. The topological polar surface area (TPSA) is 102 Å². The van der Waals surface area contributed by atoms with Crippen molar-refractivity contribution in [2.75, 3.05) is 14.2 Å². The van der Waals surface area contributed by atoms with Gasteiger partial charge in [0.05, 0.1) is 25.2 Å². The second-order valence-electron chi connectivity index (χ2n) is 3.97. The van der Waals surface area contributed by atoms with E-state index < -0.39 is 11.2 Å². The summed E-state index contributed by atoms with van der Waals surface area (Å²) in [5, 5.41) is 28.5. The van der Waals surface area contributed by atoms with Gasteiger partial charge in [0.15, 0.2) is 17.8 Å². The molecule has 0 heterocycles. The van der Waals surface area contributed by atoms with Crippen LogP contribution in [-0.2, 0) is 6.42 Å². The van der Waals surface area contributed by atoms with E-state index in [-0.39, 0.29) is 12.1 Å². The molecule has 0 unspecified atom stereocenters. The Kier molecular flexibility index (Phi) is 5.53. The Labute approximate surface area is 110 Å². The molecule has 0 aromatic heterocycles. The molecule has 0 aliphatic carbocycles. The van der Waals surface area contributed by atoms with Crippen LogP contribution in [0.15, 0.2) is 12.1 Å². The number of nitro benzene ring substituents is 1. The summed E-state index contributed by atoms with van der Waals surface area (Å²) in [5.41, 5.74) is 0.411. The van der Waals surface area contributed by atoms with Gasteiger partial charge in [0.25, 0.3) is 5.69 Å². The van der Waals surface area contributed by atoms with E-state index in [4.69, 9.17) is 19.7 Å². The fourth-order valence-corrected chi connectivity index (χ4v) is 1.76. The van der Waals surface area contributed by atoms with E-state index in [1.807, 2.05) is 0 Å². The van der Waals surface area contributed by atoms with Gasteiger partial charge in [-0.1, -0.05) is 0 Å². The number of aryl methyl sites for hydroxylation is 1. The first kappa shape index (κ1) is 15.2. The predicted molar refractivity (Wildman–Crippen MR) is 67.4 cm³/mol. The molecule has 0 saturated carbocycles. The molecule has 2 N–H and O–H groups in total. The van der Waals surface area contributed by atoms with Crippen molar-refractivity contribution in [2.45, 2.75) is 25.6 Å². The number of hydrogen-bond acceptors (Lipinski definition) is 6. The lowest BCUT2D eigenvalue weighted by Gasteiger charge is -2.10. The second kappa shape index (κ2) is 6.91. The molecule has 1 aromatic carbocycles. The molecular weight excluding hydrogens is 254 g/mol. The highest BCUT2D eigenvalue weighted by atomic mass is 16.6. The number of benzene rings is 1. The smallest absolute Gasteiger partial charge is 0.276 e. The van der Waals surface area contributed by atoms with Gasteiger partial charge >= 0.3 is 0 Å². The van der Waals surface area contributed by atoms with Crippen LogP contribution in [0.5, 0.6) is 11.5 Å². The fourth-order valence-electron chi connectivity index (χ4n) is 1.76. The SMILES string of the molecule is COc1cc(CCCC(O)O)c([N+](=O)[O-])cc1OC. The third-order valence-corrected chi connectivity index (χ3v) is 2.69. The first-order valence-corrected chi connectivity index (χ1v) is 5.75. The average Bonchev–Trinajstić information content (AvgIpc) is 2.37. The first-order valence-electron chi connectivity index (χ1n) is 5.75. The lowest BCUT2D eigenvalue weighted by Crippen LogP contribution is -2.05. The molecule has 106 valence electrons. The van der Waals surface area contributed by atoms with Crippen molar-refractivity contribution < 1.29 is 24.6 Å². The maximum atomic E-state index is 11.0. The number of methoxy groups -OCH3 is 2. The summed E-state index contributed by atoms with van der Waals surface area (Å²) in [6, 6.07) is 2.85. The van der Waals surface area contributed by atoms with E-state index in [0.717, 1.165) is 0 Å². The largest absolute Gasteiger partial charge is 0.493 e. The van der Waals surface area contributed by atoms with Crippen molar-refractivity contribution in [1.29, 1.82) is 0 Å². The molecule has 0 fully saturated rings. The van der Waals surface area contributed by atoms with Gasteiger partial charge in [-0.2, -0.15) is 0 Å². The van der Waals surface area contributed by atoms with Crippen LogP contribution in [0.4, 0.5) is 5.69 Å². The Morgan fingerprint density at radius 2 is 1.84 bits per heavy atom. The van der Waals surface area contributed by atoms with Crippen LogP contribution in [0.1, 0.15) is 18.4 Å². The predicted octanol–water partition coefficient (Wildman–Crippen LogP) is 1.25. The van der Waals surface area contributed by atoms with Gasteiger partial charge in [-0.25, -0.2) is 0 Å². The molecule has 0 spiro atoms. The zero-order valence-electron chi connectivity index (χ0n) is 10.8. The van der Waals surface area contributed by atoms with Gasteiger partial charge in [0.1, 0.15) is 0 Å². The third-order valence-electron chi connectivity index (χ3n) is 2.69. The lowest BCUT2D eigenvalue weighted by atomic mass is 10.0. The van der Waals surface area contributed by atoms with Crippen molar-refractivity contribution in [1.82, 2.24) is 0 Å². The van der Waals surface area contributed by atoms with Gasteiger partial charge in [-0.3, -0.25) is 10.1 Å². The molecule has 0 aliphatic heterocycles. The number of ether oxygens (including phenoxy) is 2. The molecule has 7 nitrogen and oxygen atoms in total. The van der Waals surface area contributed by atoms with Crippen molar-refractivity contribution in [3.05, 3.63) is 27.8 Å². The third kappa shape index (κ3) is 4.08. The van der Waals surface area contributed by atoms with Crippen LogP contribution in [0.3, 0.4) is 0 Å². The Morgan fingerprint density at radius 1 is 1.26 bits per heavy atom. The van der Waals surface area contributed by atoms with E-state index in [1.54, 1.807) is 6.07 Å². The van der Waals surface area contributed by atoms with E-state index >= 15 is 0 Å². The van der Waals surface area contributed by atoms with Crippen molar-refractivity contribution in [3.63, 3.8) is 0 Å². The van der Waals surface area contributed by atoms with Gasteiger partial charge in [-0.15, -0.1) is 0 Å². The van der Waals surface area contributed by atoms with Crippen LogP contribution in [0, 0.1) is 10.1 Å². The van der Waals surface area contributed by atoms with Crippen LogP contribution in [0.2, 0.25) is 0 Å². The molecule has 0 radical (unpaired) electrons. The monoisotopic (exact) mass is 271 g/mol. The molecule has 0 atom stereocenters. The Bertz CT molecular complexity index is 446. The molecule has 0 aliphatic rings. The molecule has 7 heteroatoms. The van der Waals surface area contributed by atoms with Crippen LogP contribution in [0.25, 0.3) is 0 Å². The summed E-state index contributed by atoms with van der Waals surface area (Å²) in [7, 11) is 2.86. The number of nitro groups is 1. The second-order valence-corrected chi connectivity index (χ2v) is 3.97. The maximum Gasteiger partial charge on any atom is 0.276 e. The summed E-state index contributed by atoms with van der Waals surface area (Å²) in [6.45, 7) is 0. The summed E-state index contributed by atoms with van der Waals surface area (Å²) in [5.74, 6) is 0.702. The van der Waals surface area contributed by atoms with Crippen LogP contribution < -0.4 is 9.47 Å². The Balaban J connectivity index is 3.02. The molecule has 0 saturated heterocycles. The van der Waals surface area contributed by atoms with Gasteiger partial charge in [0.2, 0.25) is 0 Å². The summed E-state index contributed by atoms with van der Waals surface area (Å²) in [6.07, 6.45) is -0.465. The number of nitrogens with zero attached hydrogens (tertiary/aromatic N) is 1. The van der Waals surface area contributed by atoms with Crippen LogP contribution in [-0.4, -0.2) is 35.6 Å². The van der Waals surface area contributed by atoms with E-state index in [9.17, 15) is 10.1 Å². The first-order chi connectivity index (χ1) is 8.99. The zero-order chi connectivity index (χ0) is 14.4. The standard InChI is InChI=1S/C12H17NO6/c1-18-10-6-8(4-3-5-12(14)15)9(13(16)17)7-11(10)19-2/h6-7,12,14-15H,3-5H2,1-2H3. The van der Waals surface area contributed by atoms with Crippen molar-refractivity contribution >= 4 is 5.69 Å². The minimum absolute atomic E-state index is 0.0647. The minimum Gasteiger partial charge on any atom is -0.493 e. The normalized spacial score (nSPS) is 10.6. The Morgan fingerprint density at radius 3 is 2.32 bits per heavy atom.